The SMILES string of the molecule is Cc1cc(Br)ccc1Nc1c(C(=O)NOCC2CC2)cc2c(ncn2CCCC=O)c1F. The lowest BCUT2D eigenvalue weighted by Crippen LogP contribution is -2.26. The van der Waals surface area contributed by atoms with Gasteiger partial charge in [0.2, 0.25) is 0 Å². The lowest BCUT2D eigenvalue weighted by atomic mass is 10.1. The molecule has 1 aliphatic rings. The number of anilines is 2. The zero-order valence-electron chi connectivity index (χ0n) is 17.7. The summed E-state index contributed by atoms with van der Waals surface area (Å²) in [5, 5.41) is 3.07. The van der Waals surface area contributed by atoms with E-state index in [0.717, 1.165) is 29.2 Å². The highest BCUT2D eigenvalue weighted by Crippen LogP contribution is 2.33. The highest BCUT2D eigenvalue weighted by molar-refractivity contribution is 9.10. The third-order valence-corrected chi connectivity index (χ3v) is 5.94. The van der Waals surface area contributed by atoms with Crippen molar-refractivity contribution in [2.75, 3.05) is 11.9 Å². The Morgan fingerprint density at radius 3 is 2.91 bits per heavy atom. The molecule has 1 amide bonds. The molecule has 9 heteroatoms. The molecule has 3 aromatic rings. The quantitative estimate of drug-likeness (QED) is 0.230. The minimum Gasteiger partial charge on any atom is -0.352 e. The van der Waals surface area contributed by atoms with E-state index in [4.69, 9.17) is 4.84 Å². The van der Waals surface area contributed by atoms with Crippen molar-refractivity contribution in [3.8, 4) is 0 Å². The second-order valence-corrected chi connectivity index (χ2v) is 8.91. The number of hydrogen-bond acceptors (Lipinski definition) is 5. The number of hydroxylamine groups is 1. The third-order valence-electron chi connectivity index (χ3n) is 5.45. The van der Waals surface area contributed by atoms with Gasteiger partial charge in [-0.3, -0.25) is 9.63 Å². The number of hydrogen-bond donors (Lipinski definition) is 2. The Morgan fingerprint density at radius 2 is 2.19 bits per heavy atom. The summed E-state index contributed by atoms with van der Waals surface area (Å²) in [6, 6.07) is 7.16. The van der Waals surface area contributed by atoms with Gasteiger partial charge in [-0.2, -0.15) is 0 Å². The van der Waals surface area contributed by atoms with Crippen LogP contribution in [0.1, 0.15) is 41.6 Å². The molecule has 0 aliphatic heterocycles. The zero-order chi connectivity index (χ0) is 22.7. The van der Waals surface area contributed by atoms with Gasteiger partial charge >= 0.3 is 0 Å². The molecular weight excluding hydrogens is 479 g/mol. The van der Waals surface area contributed by atoms with Crippen LogP contribution in [0.2, 0.25) is 0 Å². The molecule has 2 aromatic carbocycles. The van der Waals surface area contributed by atoms with Gasteiger partial charge in [-0.25, -0.2) is 14.9 Å². The Bertz CT molecular complexity index is 1160. The van der Waals surface area contributed by atoms with Gasteiger partial charge in [0.15, 0.2) is 5.82 Å². The Balaban J connectivity index is 1.71. The first-order chi connectivity index (χ1) is 15.5. The van der Waals surface area contributed by atoms with E-state index in [1.54, 1.807) is 10.6 Å². The van der Waals surface area contributed by atoms with Gasteiger partial charge < -0.3 is 14.7 Å². The second kappa shape index (κ2) is 9.79. The zero-order valence-corrected chi connectivity index (χ0v) is 19.2. The van der Waals surface area contributed by atoms with Gasteiger partial charge in [-0.15, -0.1) is 0 Å². The summed E-state index contributed by atoms with van der Waals surface area (Å²) in [7, 11) is 0. The highest BCUT2D eigenvalue weighted by atomic mass is 79.9. The van der Waals surface area contributed by atoms with Crippen LogP contribution in [0.4, 0.5) is 15.8 Å². The molecule has 1 aliphatic carbocycles. The first-order valence-corrected chi connectivity index (χ1v) is 11.3. The molecule has 0 atom stereocenters. The van der Waals surface area contributed by atoms with E-state index >= 15 is 4.39 Å². The summed E-state index contributed by atoms with van der Waals surface area (Å²) in [5.74, 6) is -0.688. The number of aryl methyl sites for hydroxylation is 2. The lowest BCUT2D eigenvalue weighted by Gasteiger charge is -2.16. The average Bonchev–Trinajstić information content (AvgIpc) is 3.50. The Labute approximate surface area is 193 Å². The smallest absolute Gasteiger partial charge is 0.277 e. The predicted molar refractivity (Wildman–Crippen MR) is 123 cm³/mol. The predicted octanol–water partition coefficient (Wildman–Crippen LogP) is 5.04. The van der Waals surface area contributed by atoms with E-state index < -0.39 is 11.7 Å². The summed E-state index contributed by atoms with van der Waals surface area (Å²) in [5.41, 5.74) is 4.80. The van der Waals surface area contributed by atoms with Crippen LogP contribution in [-0.2, 0) is 16.2 Å². The van der Waals surface area contributed by atoms with Crippen molar-refractivity contribution in [3.05, 3.63) is 52.0 Å². The lowest BCUT2D eigenvalue weighted by molar-refractivity contribution is -0.107. The van der Waals surface area contributed by atoms with Crippen LogP contribution in [0, 0.1) is 18.7 Å². The monoisotopic (exact) mass is 502 g/mol. The van der Waals surface area contributed by atoms with Crippen LogP contribution in [-0.4, -0.2) is 28.4 Å². The number of amides is 1. The largest absolute Gasteiger partial charge is 0.352 e. The molecule has 4 rings (SSSR count). The third kappa shape index (κ3) is 4.99. The first kappa shape index (κ1) is 22.4. The van der Waals surface area contributed by atoms with E-state index in [-0.39, 0.29) is 16.8 Å². The standard InChI is InChI=1S/C23H24BrFN4O3/c1-14-10-16(24)6-7-18(14)27-21-17(23(31)28-32-12-15-4-5-15)11-19-22(20(21)25)26-13-29(19)8-2-3-9-30/h6-7,9-11,13,15,27H,2-5,8,12H2,1H3,(H,28,31). The normalized spacial score (nSPS) is 13.3. The van der Waals surface area contributed by atoms with Gasteiger partial charge in [0, 0.05) is 23.1 Å². The number of carbonyl (C=O) groups excluding carboxylic acids is 2. The Hall–Kier alpha value is -2.78. The molecule has 0 bridgehead atoms. The molecule has 1 heterocycles. The van der Waals surface area contributed by atoms with Crippen LogP contribution < -0.4 is 10.8 Å². The van der Waals surface area contributed by atoms with Crippen molar-refractivity contribution < 1.29 is 18.8 Å². The van der Waals surface area contributed by atoms with Crippen LogP contribution in [0.3, 0.4) is 0 Å². The number of carbonyl (C=O) groups is 2. The molecule has 2 N–H and O–H groups in total. The van der Waals surface area contributed by atoms with Crippen molar-refractivity contribution in [3.63, 3.8) is 0 Å². The van der Waals surface area contributed by atoms with Crippen LogP contribution >= 0.6 is 15.9 Å². The number of unbranched alkanes of at least 4 members (excludes halogenated alkanes) is 1. The maximum Gasteiger partial charge on any atom is 0.277 e. The maximum atomic E-state index is 15.6. The number of aldehydes is 1. The Kier molecular flexibility index (Phi) is 6.86. The number of aromatic nitrogens is 2. The fourth-order valence-corrected chi connectivity index (χ4v) is 3.92. The molecule has 0 saturated heterocycles. The topological polar surface area (TPSA) is 85.2 Å². The molecule has 168 valence electrons. The van der Waals surface area contributed by atoms with Crippen LogP contribution in [0.5, 0.6) is 0 Å². The van der Waals surface area contributed by atoms with Crippen molar-refractivity contribution >= 4 is 50.5 Å². The second-order valence-electron chi connectivity index (χ2n) is 8.00. The molecule has 1 saturated carbocycles. The number of halogens is 2. The van der Waals surface area contributed by atoms with Gasteiger partial charge in [-0.05, 0) is 61.9 Å². The summed E-state index contributed by atoms with van der Waals surface area (Å²) in [6.07, 6.45) is 5.54. The molecule has 32 heavy (non-hydrogen) atoms. The number of imidazole rings is 1. The van der Waals surface area contributed by atoms with Crippen molar-refractivity contribution in [1.29, 1.82) is 0 Å². The minimum atomic E-state index is -0.619. The molecule has 7 nitrogen and oxygen atoms in total. The Morgan fingerprint density at radius 1 is 1.38 bits per heavy atom. The minimum absolute atomic E-state index is 0.0357. The summed E-state index contributed by atoms with van der Waals surface area (Å²) in [6.45, 7) is 2.82. The number of nitrogens with one attached hydrogen (secondary N) is 2. The average molecular weight is 503 g/mol. The van der Waals surface area contributed by atoms with E-state index in [9.17, 15) is 9.59 Å². The number of benzene rings is 2. The van der Waals surface area contributed by atoms with E-state index in [1.165, 1.54) is 6.33 Å². The van der Waals surface area contributed by atoms with Crippen molar-refractivity contribution in [2.45, 2.75) is 39.2 Å². The summed E-state index contributed by atoms with van der Waals surface area (Å²) >= 11 is 3.42. The van der Waals surface area contributed by atoms with Crippen LogP contribution in [0.25, 0.3) is 11.0 Å². The summed E-state index contributed by atoms with van der Waals surface area (Å²) < 4.78 is 18.3. The van der Waals surface area contributed by atoms with Gasteiger partial charge in [-0.1, -0.05) is 15.9 Å². The fraction of sp³-hybridized carbons (Fsp3) is 0.348. The fourth-order valence-electron chi connectivity index (χ4n) is 3.45. The van der Waals surface area contributed by atoms with Crippen molar-refractivity contribution in [1.82, 2.24) is 15.0 Å². The molecular formula is C23H24BrFN4O3. The maximum absolute atomic E-state index is 15.6. The number of nitrogens with zero attached hydrogens (tertiary/aromatic N) is 2. The van der Waals surface area contributed by atoms with Crippen LogP contribution in [0.15, 0.2) is 35.1 Å². The summed E-state index contributed by atoms with van der Waals surface area (Å²) in [4.78, 5) is 33.2. The molecule has 0 spiro atoms. The number of fused-ring (bicyclic) bond motifs is 1. The van der Waals surface area contributed by atoms with E-state index in [2.05, 4.69) is 31.7 Å². The molecule has 1 aromatic heterocycles. The van der Waals surface area contributed by atoms with Gasteiger partial charge in [0.1, 0.15) is 11.8 Å². The molecule has 1 fully saturated rings. The van der Waals surface area contributed by atoms with Gasteiger partial charge in [0.05, 0.1) is 29.7 Å². The van der Waals surface area contributed by atoms with Gasteiger partial charge in [0.25, 0.3) is 5.91 Å². The molecule has 0 radical (unpaired) electrons. The first-order valence-electron chi connectivity index (χ1n) is 10.5. The van der Waals surface area contributed by atoms with Crippen molar-refractivity contribution in [2.24, 2.45) is 5.92 Å². The van der Waals surface area contributed by atoms with E-state index in [0.29, 0.717) is 43.1 Å². The number of rotatable bonds is 10. The molecule has 0 unspecified atom stereocenters. The van der Waals surface area contributed by atoms with E-state index in [1.807, 2.05) is 25.1 Å². The highest BCUT2D eigenvalue weighted by Gasteiger charge is 2.25.